The van der Waals surface area contributed by atoms with Crippen LogP contribution >= 0.6 is 0 Å². The summed E-state index contributed by atoms with van der Waals surface area (Å²) in [4.78, 5) is 11.2. The summed E-state index contributed by atoms with van der Waals surface area (Å²) in [5.41, 5.74) is 0. The zero-order valence-electron chi connectivity index (χ0n) is 7.97. The number of aromatic nitrogens is 2. The lowest BCUT2D eigenvalue weighted by atomic mass is 10.3. The van der Waals surface area contributed by atoms with Crippen molar-refractivity contribution in [2.75, 3.05) is 0 Å². The largest absolute Gasteiger partial charge is 0.322 e. The SMILES string of the molecule is CCCC(=O)NC(C#N)n1cccn1. The molecule has 1 N–H and O–H groups in total. The number of hydrogen-bond donors (Lipinski definition) is 1. The number of nitrogens with one attached hydrogen (secondary N) is 1. The van der Waals surface area contributed by atoms with Crippen molar-refractivity contribution in [2.45, 2.75) is 25.9 Å². The Morgan fingerprint density at radius 1 is 1.79 bits per heavy atom. The molecule has 0 aromatic carbocycles. The fourth-order valence-corrected chi connectivity index (χ4v) is 1.04. The van der Waals surface area contributed by atoms with Crippen LogP contribution in [0.15, 0.2) is 18.5 Å². The summed E-state index contributed by atoms with van der Waals surface area (Å²) >= 11 is 0. The average Bonchev–Trinajstić information content (AvgIpc) is 2.67. The molecular weight excluding hydrogens is 180 g/mol. The van der Waals surface area contributed by atoms with Gasteiger partial charge in [-0.15, -0.1) is 0 Å². The Hall–Kier alpha value is -1.83. The molecule has 1 amide bonds. The van der Waals surface area contributed by atoms with E-state index in [1.807, 2.05) is 13.0 Å². The maximum Gasteiger partial charge on any atom is 0.222 e. The summed E-state index contributed by atoms with van der Waals surface area (Å²) in [5.74, 6) is -0.130. The second-order valence-electron chi connectivity index (χ2n) is 2.84. The highest BCUT2D eigenvalue weighted by Crippen LogP contribution is 1.99. The molecule has 1 aromatic heterocycles. The van der Waals surface area contributed by atoms with Gasteiger partial charge in [-0.3, -0.25) is 4.79 Å². The van der Waals surface area contributed by atoms with Gasteiger partial charge in [0.15, 0.2) is 0 Å². The predicted molar refractivity (Wildman–Crippen MR) is 49.9 cm³/mol. The maximum atomic E-state index is 11.2. The van der Waals surface area contributed by atoms with E-state index in [1.54, 1.807) is 18.5 Å². The van der Waals surface area contributed by atoms with E-state index < -0.39 is 6.17 Å². The number of amides is 1. The van der Waals surface area contributed by atoms with E-state index in [-0.39, 0.29) is 5.91 Å². The van der Waals surface area contributed by atoms with E-state index in [0.29, 0.717) is 6.42 Å². The lowest BCUT2D eigenvalue weighted by Crippen LogP contribution is -2.31. The zero-order valence-corrected chi connectivity index (χ0v) is 7.97. The van der Waals surface area contributed by atoms with Crippen LogP contribution in [-0.4, -0.2) is 15.7 Å². The van der Waals surface area contributed by atoms with Gasteiger partial charge in [0.05, 0.1) is 0 Å². The van der Waals surface area contributed by atoms with Crippen LogP contribution < -0.4 is 5.32 Å². The third kappa shape index (κ3) is 2.59. The molecule has 5 heteroatoms. The molecule has 0 aliphatic carbocycles. The van der Waals surface area contributed by atoms with Crippen LogP contribution in [0.25, 0.3) is 0 Å². The third-order valence-corrected chi connectivity index (χ3v) is 1.69. The van der Waals surface area contributed by atoms with Gasteiger partial charge in [-0.05, 0) is 12.5 Å². The van der Waals surface area contributed by atoms with Gasteiger partial charge >= 0.3 is 0 Å². The second-order valence-corrected chi connectivity index (χ2v) is 2.84. The number of carbonyl (C=O) groups is 1. The molecule has 0 bridgehead atoms. The first kappa shape index (κ1) is 10.3. The summed E-state index contributed by atoms with van der Waals surface area (Å²) in [6.45, 7) is 1.91. The molecule has 5 nitrogen and oxygen atoms in total. The van der Waals surface area contributed by atoms with Crippen LogP contribution in [0.1, 0.15) is 25.9 Å². The molecule has 74 valence electrons. The van der Waals surface area contributed by atoms with Crippen molar-refractivity contribution >= 4 is 5.91 Å². The Kier molecular flexibility index (Phi) is 3.68. The Bertz CT molecular complexity index is 325. The van der Waals surface area contributed by atoms with Crippen LogP contribution in [0.2, 0.25) is 0 Å². The molecule has 0 radical (unpaired) electrons. The van der Waals surface area contributed by atoms with Gasteiger partial charge in [0.2, 0.25) is 12.1 Å². The molecule has 0 aliphatic heterocycles. The van der Waals surface area contributed by atoms with E-state index in [9.17, 15) is 4.79 Å². The first-order valence-corrected chi connectivity index (χ1v) is 4.46. The van der Waals surface area contributed by atoms with E-state index in [0.717, 1.165) is 6.42 Å². The Morgan fingerprint density at radius 2 is 2.57 bits per heavy atom. The van der Waals surface area contributed by atoms with Crippen molar-refractivity contribution in [2.24, 2.45) is 0 Å². The molecule has 0 saturated heterocycles. The zero-order chi connectivity index (χ0) is 10.4. The summed E-state index contributed by atoms with van der Waals surface area (Å²) in [5, 5.41) is 15.2. The molecule has 0 saturated carbocycles. The molecule has 1 atom stereocenters. The molecule has 1 unspecified atom stereocenters. The monoisotopic (exact) mass is 192 g/mol. The summed E-state index contributed by atoms with van der Waals surface area (Å²) in [7, 11) is 0. The van der Waals surface area contributed by atoms with Crippen LogP contribution in [0.5, 0.6) is 0 Å². The molecule has 14 heavy (non-hydrogen) atoms. The standard InChI is InChI=1S/C9H12N4O/c1-2-4-9(14)12-8(7-10)13-6-3-5-11-13/h3,5-6,8H,2,4H2,1H3,(H,12,14). The molecule has 1 heterocycles. The highest BCUT2D eigenvalue weighted by atomic mass is 16.1. The van der Waals surface area contributed by atoms with Crippen LogP contribution in [0.4, 0.5) is 0 Å². The van der Waals surface area contributed by atoms with Gasteiger partial charge in [-0.2, -0.15) is 10.4 Å². The van der Waals surface area contributed by atoms with Crippen LogP contribution in [0, 0.1) is 11.3 Å². The van der Waals surface area contributed by atoms with Crippen molar-refractivity contribution < 1.29 is 4.79 Å². The van der Waals surface area contributed by atoms with Gasteiger partial charge in [0, 0.05) is 18.8 Å². The van der Waals surface area contributed by atoms with Gasteiger partial charge < -0.3 is 5.32 Å². The number of hydrogen-bond acceptors (Lipinski definition) is 3. The number of nitriles is 1. The lowest BCUT2D eigenvalue weighted by Gasteiger charge is -2.10. The van der Waals surface area contributed by atoms with Crippen molar-refractivity contribution in [3.63, 3.8) is 0 Å². The Balaban J connectivity index is 2.57. The van der Waals surface area contributed by atoms with E-state index >= 15 is 0 Å². The highest BCUT2D eigenvalue weighted by molar-refractivity contribution is 5.76. The minimum atomic E-state index is -0.705. The predicted octanol–water partition coefficient (Wildman–Crippen LogP) is 0.822. The van der Waals surface area contributed by atoms with E-state index in [1.165, 1.54) is 4.68 Å². The molecule has 0 fully saturated rings. The molecule has 1 aromatic rings. The molecule has 1 rings (SSSR count). The molecule has 0 spiro atoms. The quantitative estimate of drug-likeness (QED) is 0.767. The van der Waals surface area contributed by atoms with Gasteiger partial charge in [0.1, 0.15) is 6.07 Å². The van der Waals surface area contributed by atoms with Crippen molar-refractivity contribution in [1.29, 1.82) is 5.26 Å². The molecule has 0 aliphatic rings. The lowest BCUT2D eigenvalue weighted by molar-refractivity contribution is -0.122. The second kappa shape index (κ2) is 5.02. The number of rotatable bonds is 4. The van der Waals surface area contributed by atoms with Gasteiger partial charge in [-0.25, -0.2) is 4.68 Å². The van der Waals surface area contributed by atoms with E-state index in [2.05, 4.69) is 10.4 Å². The van der Waals surface area contributed by atoms with Crippen LogP contribution in [-0.2, 0) is 4.79 Å². The maximum absolute atomic E-state index is 11.2. The van der Waals surface area contributed by atoms with Crippen molar-refractivity contribution in [3.05, 3.63) is 18.5 Å². The Morgan fingerprint density at radius 3 is 3.07 bits per heavy atom. The molecular formula is C9H12N4O. The fraction of sp³-hybridized carbons (Fsp3) is 0.444. The minimum Gasteiger partial charge on any atom is -0.322 e. The Labute approximate surface area is 82.3 Å². The number of nitrogens with zero attached hydrogens (tertiary/aromatic N) is 3. The summed E-state index contributed by atoms with van der Waals surface area (Å²) in [6.07, 6.45) is 3.70. The summed E-state index contributed by atoms with van der Waals surface area (Å²) < 4.78 is 1.41. The normalized spacial score (nSPS) is 11.7. The smallest absolute Gasteiger partial charge is 0.222 e. The topological polar surface area (TPSA) is 70.7 Å². The third-order valence-electron chi connectivity index (χ3n) is 1.69. The average molecular weight is 192 g/mol. The summed E-state index contributed by atoms with van der Waals surface area (Å²) in [6, 6.07) is 3.67. The first-order chi connectivity index (χ1) is 6.77. The highest BCUT2D eigenvalue weighted by Gasteiger charge is 2.11. The van der Waals surface area contributed by atoms with Gasteiger partial charge in [-0.1, -0.05) is 6.92 Å². The van der Waals surface area contributed by atoms with Crippen LogP contribution in [0.3, 0.4) is 0 Å². The van der Waals surface area contributed by atoms with Gasteiger partial charge in [0.25, 0.3) is 0 Å². The van der Waals surface area contributed by atoms with Crippen molar-refractivity contribution in [3.8, 4) is 6.07 Å². The minimum absolute atomic E-state index is 0.130. The first-order valence-electron chi connectivity index (χ1n) is 4.46. The number of carbonyl (C=O) groups excluding carboxylic acids is 1. The van der Waals surface area contributed by atoms with Crippen molar-refractivity contribution in [1.82, 2.24) is 15.1 Å². The fourth-order valence-electron chi connectivity index (χ4n) is 1.04. The van der Waals surface area contributed by atoms with E-state index in [4.69, 9.17) is 5.26 Å².